The lowest BCUT2D eigenvalue weighted by molar-refractivity contribution is -0.384. The molecular formula is C26H23N5O4. The zero-order valence-electron chi connectivity index (χ0n) is 19.0. The van der Waals surface area contributed by atoms with Crippen molar-refractivity contribution < 1.29 is 14.5 Å². The third-order valence-corrected chi connectivity index (χ3v) is 5.35. The Balaban J connectivity index is 1.57. The van der Waals surface area contributed by atoms with Crippen molar-refractivity contribution >= 4 is 23.3 Å². The number of amides is 2. The number of anilines is 1. The first-order chi connectivity index (χ1) is 17.0. The van der Waals surface area contributed by atoms with Crippen molar-refractivity contribution in [3.63, 3.8) is 0 Å². The summed E-state index contributed by atoms with van der Waals surface area (Å²) in [6.45, 7) is 1.77. The van der Waals surface area contributed by atoms with Crippen LogP contribution in [-0.4, -0.2) is 44.5 Å². The monoisotopic (exact) mass is 469 g/mol. The first-order valence-electron chi connectivity index (χ1n) is 11.0. The zero-order valence-corrected chi connectivity index (χ0v) is 19.0. The Labute approximate surface area is 201 Å². The summed E-state index contributed by atoms with van der Waals surface area (Å²) in [6.07, 6.45) is 0. The summed E-state index contributed by atoms with van der Waals surface area (Å²) in [6, 6.07) is 26.2. The third kappa shape index (κ3) is 5.41. The maximum absolute atomic E-state index is 13.0. The highest BCUT2D eigenvalue weighted by Gasteiger charge is 2.21. The van der Waals surface area contributed by atoms with Crippen molar-refractivity contribution in [2.75, 3.05) is 18.4 Å². The number of nitro groups is 1. The molecule has 4 rings (SSSR count). The maximum Gasteiger partial charge on any atom is 0.270 e. The second-order valence-corrected chi connectivity index (χ2v) is 7.70. The molecular weight excluding hydrogens is 446 g/mol. The van der Waals surface area contributed by atoms with Gasteiger partial charge >= 0.3 is 0 Å². The fourth-order valence-corrected chi connectivity index (χ4v) is 3.60. The summed E-state index contributed by atoms with van der Waals surface area (Å²) in [4.78, 5) is 37.7. The molecule has 3 aromatic carbocycles. The topological polar surface area (TPSA) is 110 Å². The second-order valence-electron chi connectivity index (χ2n) is 7.70. The molecule has 0 saturated carbocycles. The van der Waals surface area contributed by atoms with Crippen molar-refractivity contribution in [3.05, 3.63) is 107 Å². The van der Waals surface area contributed by atoms with E-state index in [-0.39, 0.29) is 24.3 Å². The summed E-state index contributed by atoms with van der Waals surface area (Å²) in [5.74, 6) is -0.422. The summed E-state index contributed by atoms with van der Waals surface area (Å²) in [5.41, 5.74) is 2.31. The number of likely N-dealkylation sites (N-methyl/N-ethyl adjacent to an activating group) is 1. The summed E-state index contributed by atoms with van der Waals surface area (Å²) < 4.78 is 1.64. The van der Waals surface area contributed by atoms with Gasteiger partial charge in [0.15, 0.2) is 0 Å². The normalized spacial score (nSPS) is 10.5. The number of benzene rings is 3. The van der Waals surface area contributed by atoms with E-state index in [2.05, 4.69) is 10.4 Å². The zero-order chi connectivity index (χ0) is 24.8. The number of hydrogen-bond donors (Lipinski definition) is 1. The molecule has 4 aromatic rings. The van der Waals surface area contributed by atoms with Crippen LogP contribution in [0.5, 0.6) is 0 Å². The van der Waals surface area contributed by atoms with Crippen molar-refractivity contribution in [2.45, 2.75) is 6.92 Å². The van der Waals surface area contributed by atoms with Crippen LogP contribution in [0.4, 0.5) is 11.5 Å². The summed E-state index contributed by atoms with van der Waals surface area (Å²) >= 11 is 0. The van der Waals surface area contributed by atoms with E-state index in [4.69, 9.17) is 0 Å². The molecule has 0 aliphatic rings. The van der Waals surface area contributed by atoms with Gasteiger partial charge in [-0.1, -0.05) is 54.6 Å². The lowest BCUT2D eigenvalue weighted by Gasteiger charge is -2.20. The minimum atomic E-state index is -0.561. The van der Waals surface area contributed by atoms with Gasteiger partial charge in [0.25, 0.3) is 11.6 Å². The molecule has 0 radical (unpaired) electrons. The molecule has 0 spiro atoms. The number of non-ortho nitro benzene ring substituents is 1. The SMILES string of the molecule is CCN(CC(=O)Nc1cc(-c2ccccc2)nn1-c1ccccc1)C(=O)c1cccc([N+](=O)[O-])c1. The van der Waals surface area contributed by atoms with Crippen molar-refractivity contribution in [1.82, 2.24) is 14.7 Å². The number of aromatic nitrogens is 2. The van der Waals surface area contributed by atoms with E-state index in [1.54, 1.807) is 17.7 Å². The summed E-state index contributed by atoms with van der Waals surface area (Å²) in [5, 5.41) is 18.6. The van der Waals surface area contributed by atoms with Crippen LogP contribution in [0, 0.1) is 10.1 Å². The Kier molecular flexibility index (Phi) is 6.96. The fraction of sp³-hybridized carbons (Fsp3) is 0.115. The summed E-state index contributed by atoms with van der Waals surface area (Å²) in [7, 11) is 0. The Bertz CT molecular complexity index is 1350. The molecule has 0 unspecified atom stereocenters. The van der Waals surface area contributed by atoms with Gasteiger partial charge in [-0.25, -0.2) is 4.68 Å². The highest BCUT2D eigenvalue weighted by atomic mass is 16.6. The number of nitrogens with one attached hydrogen (secondary N) is 1. The number of hydrogen-bond acceptors (Lipinski definition) is 5. The van der Waals surface area contributed by atoms with Crippen LogP contribution in [0.3, 0.4) is 0 Å². The van der Waals surface area contributed by atoms with E-state index < -0.39 is 16.7 Å². The molecule has 35 heavy (non-hydrogen) atoms. The number of carbonyl (C=O) groups is 2. The quantitative estimate of drug-likeness (QED) is 0.301. The van der Waals surface area contributed by atoms with Crippen molar-refractivity contribution in [1.29, 1.82) is 0 Å². The van der Waals surface area contributed by atoms with E-state index in [1.807, 2.05) is 60.7 Å². The predicted octanol–water partition coefficient (Wildman–Crippen LogP) is 4.55. The average Bonchev–Trinajstić information content (AvgIpc) is 3.31. The Hall–Kier alpha value is -4.79. The molecule has 9 nitrogen and oxygen atoms in total. The molecule has 2 amide bonds. The van der Waals surface area contributed by atoms with Gasteiger partial charge in [-0.2, -0.15) is 5.10 Å². The number of carbonyl (C=O) groups excluding carboxylic acids is 2. The minimum Gasteiger partial charge on any atom is -0.330 e. The van der Waals surface area contributed by atoms with Gasteiger partial charge in [-0.15, -0.1) is 0 Å². The first-order valence-corrected chi connectivity index (χ1v) is 11.0. The van der Waals surface area contributed by atoms with Gasteiger partial charge in [-0.05, 0) is 25.1 Å². The Morgan fingerprint density at radius 1 is 0.971 bits per heavy atom. The van der Waals surface area contributed by atoms with E-state index >= 15 is 0 Å². The van der Waals surface area contributed by atoms with Gasteiger partial charge in [0.2, 0.25) is 5.91 Å². The molecule has 9 heteroatoms. The Morgan fingerprint density at radius 2 is 1.66 bits per heavy atom. The molecule has 0 fully saturated rings. The van der Waals surface area contributed by atoms with Crippen LogP contribution in [-0.2, 0) is 4.79 Å². The number of nitro benzene ring substituents is 1. The van der Waals surface area contributed by atoms with Crippen LogP contribution in [0.1, 0.15) is 17.3 Å². The van der Waals surface area contributed by atoms with E-state index in [0.717, 1.165) is 11.3 Å². The highest BCUT2D eigenvalue weighted by Crippen LogP contribution is 2.25. The van der Waals surface area contributed by atoms with Crippen LogP contribution in [0.15, 0.2) is 91.0 Å². The van der Waals surface area contributed by atoms with Gasteiger partial charge in [0.05, 0.1) is 16.3 Å². The number of rotatable bonds is 8. The van der Waals surface area contributed by atoms with Gasteiger partial charge in [-0.3, -0.25) is 19.7 Å². The van der Waals surface area contributed by atoms with Gasteiger partial charge in [0.1, 0.15) is 12.4 Å². The molecule has 0 atom stereocenters. The Morgan fingerprint density at radius 3 is 2.31 bits per heavy atom. The molecule has 0 bridgehead atoms. The van der Waals surface area contributed by atoms with Crippen LogP contribution >= 0.6 is 0 Å². The minimum absolute atomic E-state index is 0.148. The number of para-hydroxylation sites is 1. The molecule has 176 valence electrons. The largest absolute Gasteiger partial charge is 0.330 e. The molecule has 0 aliphatic carbocycles. The van der Waals surface area contributed by atoms with Crippen molar-refractivity contribution in [2.24, 2.45) is 0 Å². The lowest BCUT2D eigenvalue weighted by Crippen LogP contribution is -2.38. The standard InChI is InChI=1S/C26H23N5O4/c1-2-29(26(33)20-12-9-15-22(16-20)31(34)35)18-25(32)27-24-17-23(19-10-5-3-6-11-19)28-30(24)21-13-7-4-8-14-21/h3-17H,2,18H2,1H3,(H,27,32). The number of nitrogens with zero attached hydrogens (tertiary/aromatic N) is 4. The molecule has 1 aromatic heterocycles. The van der Waals surface area contributed by atoms with Crippen molar-refractivity contribution in [3.8, 4) is 16.9 Å². The van der Waals surface area contributed by atoms with Crippen LogP contribution in [0.2, 0.25) is 0 Å². The van der Waals surface area contributed by atoms with E-state index in [1.165, 1.54) is 29.2 Å². The van der Waals surface area contributed by atoms with E-state index in [9.17, 15) is 19.7 Å². The van der Waals surface area contributed by atoms with E-state index in [0.29, 0.717) is 11.5 Å². The highest BCUT2D eigenvalue weighted by molar-refractivity contribution is 5.99. The maximum atomic E-state index is 13.0. The molecule has 1 N–H and O–H groups in total. The van der Waals surface area contributed by atoms with Gasteiger partial charge in [0, 0.05) is 35.9 Å². The lowest BCUT2D eigenvalue weighted by atomic mass is 10.1. The smallest absolute Gasteiger partial charge is 0.270 e. The predicted molar refractivity (Wildman–Crippen MR) is 132 cm³/mol. The van der Waals surface area contributed by atoms with Crippen LogP contribution in [0.25, 0.3) is 16.9 Å². The van der Waals surface area contributed by atoms with Gasteiger partial charge < -0.3 is 10.2 Å². The average molecular weight is 470 g/mol. The molecule has 0 saturated heterocycles. The molecule has 1 heterocycles. The third-order valence-electron chi connectivity index (χ3n) is 5.35. The first kappa shape index (κ1) is 23.4. The molecule has 0 aliphatic heterocycles. The second kappa shape index (κ2) is 10.4. The fourth-order valence-electron chi connectivity index (χ4n) is 3.60. The van der Waals surface area contributed by atoms with Crippen LogP contribution < -0.4 is 5.32 Å².